The quantitative estimate of drug-likeness (QED) is 0.800. The summed E-state index contributed by atoms with van der Waals surface area (Å²) in [4.78, 5) is 10.2. The Morgan fingerprint density at radius 1 is 1.82 bits per heavy atom. The van der Waals surface area contributed by atoms with Crippen LogP contribution in [0.3, 0.4) is 0 Å². The van der Waals surface area contributed by atoms with Gasteiger partial charge in [0.15, 0.2) is 0 Å². The van der Waals surface area contributed by atoms with Crippen molar-refractivity contribution in [2.24, 2.45) is 0 Å². The van der Waals surface area contributed by atoms with Gasteiger partial charge in [0.25, 0.3) is 0 Å². The molecular weight excluding hydrogens is 228 g/mol. The van der Waals surface area contributed by atoms with Crippen molar-refractivity contribution in [2.45, 2.75) is 18.6 Å². The lowest BCUT2D eigenvalue weighted by molar-refractivity contribution is -0.136. The highest BCUT2D eigenvalue weighted by atomic mass is 79.9. The number of halogens is 1. The van der Waals surface area contributed by atoms with Crippen LogP contribution in [0.4, 0.5) is 0 Å². The zero-order chi connectivity index (χ0) is 8.85. The van der Waals surface area contributed by atoms with Crippen molar-refractivity contribution in [1.29, 1.82) is 0 Å². The Labute approximate surface area is 79.2 Å². The molecule has 1 unspecified atom stereocenters. The van der Waals surface area contributed by atoms with Gasteiger partial charge in [0.1, 0.15) is 0 Å². The first-order valence-electron chi connectivity index (χ1n) is 3.19. The van der Waals surface area contributed by atoms with Crippen molar-refractivity contribution >= 4 is 33.7 Å². The summed E-state index contributed by atoms with van der Waals surface area (Å²) in [6.45, 7) is 5.55. The minimum atomic E-state index is -0.745. The number of carboxylic acids is 1. The fourth-order valence-corrected chi connectivity index (χ4v) is 1.66. The first kappa shape index (κ1) is 11.0. The van der Waals surface area contributed by atoms with E-state index in [-0.39, 0.29) is 11.7 Å². The van der Waals surface area contributed by atoms with Crippen LogP contribution in [-0.2, 0) is 4.79 Å². The largest absolute Gasteiger partial charge is 0.481 e. The minimum Gasteiger partial charge on any atom is -0.481 e. The van der Waals surface area contributed by atoms with E-state index in [1.54, 1.807) is 11.8 Å². The SMILES string of the molecule is C=C(Br)CSC(C)CC(=O)O. The lowest BCUT2D eigenvalue weighted by Crippen LogP contribution is -2.06. The normalized spacial score (nSPS) is 12.5. The molecule has 64 valence electrons. The van der Waals surface area contributed by atoms with E-state index in [9.17, 15) is 4.79 Å². The van der Waals surface area contributed by atoms with Gasteiger partial charge >= 0.3 is 5.97 Å². The average Bonchev–Trinajstić information content (AvgIpc) is 1.82. The summed E-state index contributed by atoms with van der Waals surface area (Å²) in [6.07, 6.45) is 0.213. The Kier molecular flexibility index (Phi) is 5.68. The molecule has 0 saturated heterocycles. The Morgan fingerprint density at radius 2 is 2.36 bits per heavy atom. The van der Waals surface area contributed by atoms with Crippen molar-refractivity contribution in [3.63, 3.8) is 0 Å². The summed E-state index contributed by atoms with van der Waals surface area (Å²) in [5.41, 5.74) is 0. The van der Waals surface area contributed by atoms with E-state index in [2.05, 4.69) is 22.5 Å². The van der Waals surface area contributed by atoms with Gasteiger partial charge in [-0.1, -0.05) is 29.4 Å². The van der Waals surface area contributed by atoms with E-state index in [1.807, 2.05) is 6.92 Å². The number of hydrogen-bond donors (Lipinski definition) is 1. The molecule has 0 bridgehead atoms. The van der Waals surface area contributed by atoms with E-state index >= 15 is 0 Å². The maximum Gasteiger partial charge on any atom is 0.304 e. The molecule has 0 heterocycles. The predicted molar refractivity (Wildman–Crippen MR) is 52.2 cm³/mol. The molecule has 0 aliphatic heterocycles. The first-order valence-corrected chi connectivity index (χ1v) is 5.03. The van der Waals surface area contributed by atoms with Crippen molar-refractivity contribution in [3.8, 4) is 0 Å². The first-order chi connectivity index (χ1) is 5.02. The molecule has 0 fully saturated rings. The average molecular weight is 239 g/mol. The Balaban J connectivity index is 3.44. The van der Waals surface area contributed by atoms with Gasteiger partial charge in [-0.15, -0.1) is 0 Å². The number of rotatable bonds is 5. The molecule has 1 atom stereocenters. The van der Waals surface area contributed by atoms with E-state index in [0.29, 0.717) is 0 Å². The summed E-state index contributed by atoms with van der Waals surface area (Å²) in [7, 11) is 0. The predicted octanol–water partition coefficient (Wildman–Crippen LogP) is 2.49. The molecule has 0 amide bonds. The summed E-state index contributed by atoms with van der Waals surface area (Å²) in [6, 6.07) is 0. The summed E-state index contributed by atoms with van der Waals surface area (Å²) >= 11 is 4.79. The van der Waals surface area contributed by atoms with E-state index < -0.39 is 5.97 Å². The fourth-order valence-electron chi connectivity index (χ4n) is 0.538. The van der Waals surface area contributed by atoms with Crippen molar-refractivity contribution in [1.82, 2.24) is 0 Å². The number of carbonyl (C=O) groups is 1. The lowest BCUT2D eigenvalue weighted by atomic mass is 10.3. The topological polar surface area (TPSA) is 37.3 Å². The van der Waals surface area contributed by atoms with Gasteiger partial charge in [-0.25, -0.2) is 0 Å². The van der Waals surface area contributed by atoms with Crippen LogP contribution < -0.4 is 0 Å². The third kappa shape index (κ3) is 7.94. The van der Waals surface area contributed by atoms with Gasteiger partial charge in [-0.2, -0.15) is 11.8 Å². The number of thioether (sulfide) groups is 1. The monoisotopic (exact) mass is 238 g/mol. The van der Waals surface area contributed by atoms with Crippen molar-refractivity contribution in [2.75, 3.05) is 5.75 Å². The van der Waals surface area contributed by atoms with E-state index in [0.717, 1.165) is 10.2 Å². The summed E-state index contributed by atoms with van der Waals surface area (Å²) in [5.74, 6) is 0.0271. The van der Waals surface area contributed by atoms with Gasteiger partial charge in [0.05, 0.1) is 6.42 Å². The summed E-state index contributed by atoms with van der Waals surface area (Å²) in [5, 5.41) is 8.56. The van der Waals surface area contributed by atoms with Crippen LogP contribution >= 0.6 is 27.7 Å². The van der Waals surface area contributed by atoms with Crippen molar-refractivity contribution in [3.05, 3.63) is 11.1 Å². The molecule has 0 aliphatic carbocycles. The molecule has 0 aliphatic rings. The van der Waals surface area contributed by atoms with E-state index in [4.69, 9.17) is 5.11 Å². The molecule has 0 aromatic rings. The number of hydrogen-bond acceptors (Lipinski definition) is 2. The molecule has 4 heteroatoms. The second kappa shape index (κ2) is 5.66. The molecule has 11 heavy (non-hydrogen) atoms. The van der Waals surface area contributed by atoms with E-state index in [1.165, 1.54) is 0 Å². The van der Waals surface area contributed by atoms with Gasteiger partial charge < -0.3 is 5.11 Å². The van der Waals surface area contributed by atoms with Crippen LogP contribution in [0.5, 0.6) is 0 Å². The van der Waals surface area contributed by atoms with Gasteiger partial charge in [-0.05, 0) is 4.48 Å². The fraction of sp³-hybridized carbons (Fsp3) is 0.571. The van der Waals surface area contributed by atoms with Crippen LogP contribution in [0.15, 0.2) is 11.1 Å². The molecule has 1 N–H and O–H groups in total. The van der Waals surface area contributed by atoms with Crippen LogP contribution in [0.1, 0.15) is 13.3 Å². The maximum absolute atomic E-state index is 10.2. The maximum atomic E-state index is 10.2. The van der Waals surface area contributed by atoms with Crippen molar-refractivity contribution < 1.29 is 9.90 Å². The molecule has 0 rings (SSSR count). The Bertz CT molecular complexity index is 159. The van der Waals surface area contributed by atoms with Gasteiger partial charge in [-0.3, -0.25) is 4.79 Å². The summed E-state index contributed by atoms with van der Waals surface area (Å²) < 4.78 is 0.903. The third-order valence-corrected chi connectivity index (χ3v) is 2.89. The standard InChI is InChI=1S/C7H11BrO2S/c1-5(8)4-11-6(2)3-7(9)10/h6H,1,3-4H2,2H3,(H,9,10). The molecular formula is C7H11BrO2S. The molecule has 0 aromatic carbocycles. The van der Waals surface area contributed by atoms with Crippen LogP contribution in [0.25, 0.3) is 0 Å². The Morgan fingerprint density at radius 3 is 2.73 bits per heavy atom. The second-order valence-electron chi connectivity index (χ2n) is 2.24. The zero-order valence-corrected chi connectivity index (χ0v) is 8.74. The molecule has 0 aromatic heterocycles. The highest BCUT2D eigenvalue weighted by Crippen LogP contribution is 2.18. The third-order valence-electron chi connectivity index (χ3n) is 0.987. The van der Waals surface area contributed by atoms with Gasteiger partial charge in [0.2, 0.25) is 0 Å². The Hall–Kier alpha value is 0.0400. The highest BCUT2D eigenvalue weighted by Gasteiger charge is 2.07. The molecule has 0 saturated carbocycles. The number of carboxylic acid groups (broad SMARTS) is 1. The smallest absolute Gasteiger partial charge is 0.304 e. The number of aliphatic carboxylic acids is 1. The molecule has 0 radical (unpaired) electrons. The van der Waals surface area contributed by atoms with Crippen LogP contribution in [0.2, 0.25) is 0 Å². The van der Waals surface area contributed by atoms with Crippen LogP contribution in [0, 0.1) is 0 Å². The highest BCUT2D eigenvalue weighted by molar-refractivity contribution is 9.11. The molecule has 2 nitrogen and oxygen atoms in total. The zero-order valence-electron chi connectivity index (χ0n) is 6.34. The minimum absolute atomic E-state index is 0.154. The molecule has 0 spiro atoms. The lowest BCUT2D eigenvalue weighted by Gasteiger charge is -2.06. The van der Waals surface area contributed by atoms with Crippen LogP contribution in [-0.4, -0.2) is 22.1 Å². The van der Waals surface area contributed by atoms with Gasteiger partial charge in [0, 0.05) is 11.0 Å². The second-order valence-corrected chi connectivity index (χ2v) is 4.78.